The molecule has 0 radical (unpaired) electrons. The molecule has 0 fully saturated rings. The van der Waals surface area contributed by atoms with Gasteiger partial charge in [-0.25, -0.2) is 4.79 Å². The van der Waals surface area contributed by atoms with Crippen LogP contribution in [0.4, 0.5) is 5.69 Å². The number of alkyl halides is 1. The second-order valence-corrected chi connectivity index (χ2v) is 10.1. The normalized spacial score (nSPS) is 10.9. The first-order chi connectivity index (χ1) is 18.4. The van der Waals surface area contributed by atoms with Gasteiger partial charge in [0.1, 0.15) is 12.4 Å². The number of nitrogens with zero attached hydrogens (tertiary/aromatic N) is 2. The number of rotatable bonds is 10. The molecular formula is C31H30BrN3O3. The molecule has 194 valence electrons. The van der Waals surface area contributed by atoms with E-state index < -0.39 is 0 Å². The molecule has 0 unspecified atom stereocenters. The van der Waals surface area contributed by atoms with E-state index in [0.29, 0.717) is 36.0 Å². The summed E-state index contributed by atoms with van der Waals surface area (Å²) in [7, 11) is 0. The molecule has 0 aliphatic rings. The number of terminal acetylenes is 1. The third-order valence-corrected chi connectivity index (χ3v) is 6.77. The van der Waals surface area contributed by atoms with Gasteiger partial charge in [-0.3, -0.25) is 9.36 Å². The van der Waals surface area contributed by atoms with Gasteiger partial charge in [-0.15, -0.1) is 6.42 Å². The second kappa shape index (κ2) is 12.6. The molecule has 0 spiro atoms. The average Bonchev–Trinajstić information content (AvgIpc) is 2.92. The van der Waals surface area contributed by atoms with E-state index in [1.165, 1.54) is 5.56 Å². The Balaban J connectivity index is 1.75. The van der Waals surface area contributed by atoms with E-state index in [-0.39, 0.29) is 18.2 Å². The Kier molecular flexibility index (Phi) is 8.98. The van der Waals surface area contributed by atoms with E-state index in [2.05, 4.69) is 58.1 Å². The number of amides is 1. The predicted octanol–water partition coefficient (Wildman–Crippen LogP) is 6.36. The summed E-state index contributed by atoms with van der Waals surface area (Å²) in [5, 5.41) is 4.49. The summed E-state index contributed by atoms with van der Waals surface area (Å²) in [4.78, 5) is 30.1. The lowest BCUT2D eigenvalue weighted by Crippen LogP contribution is -2.24. The Morgan fingerprint density at radius 2 is 1.92 bits per heavy atom. The van der Waals surface area contributed by atoms with E-state index in [9.17, 15) is 9.59 Å². The van der Waals surface area contributed by atoms with Crippen molar-refractivity contribution in [2.75, 3.05) is 17.3 Å². The molecule has 1 aromatic heterocycles. The van der Waals surface area contributed by atoms with Crippen LogP contribution in [0.3, 0.4) is 0 Å². The number of ether oxygens (including phenoxy) is 1. The van der Waals surface area contributed by atoms with Gasteiger partial charge >= 0.3 is 5.69 Å². The van der Waals surface area contributed by atoms with Crippen LogP contribution in [0.2, 0.25) is 0 Å². The first-order valence-corrected chi connectivity index (χ1v) is 13.7. The monoisotopic (exact) mass is 571 g/mol. The first-order valence-electron chi connectivity index (χ1n) is 12.6. The summed E-state index contributed by atoms with van der Waals surface area (Å²) in [6.45, 7) is 4.72. The van der Waals surface area contributed by atoms with Crippen LogP contribution in [0.15, 0.2) is 71.5 Å². The smallest absolute Gasteiger partial charge is 0.348 e. The Hall–Kier alpha value is -3.89. The lowest BCUT2D eigenvalue weighted by atomic mass is 9.99. The highest BCUT2D eigenvalue weighted by Gasteiger charge is 2.15. The SMILES string of the molecule is C#CCOc1ccc2c(c1)c(-c1ccc(C(C)C)cc1)nc(=O)n2Cc1cccc(NC(=O)CCCBr)c1. The van der Waals surface area contributed by atoms with E-state index in [0.717, 1.165) is 33.8 Å². The fourth-order valence-corrected chi connectivity index (χ4v) is 4.53. The quantitative estimate of drug-likeness (QED) is 0.177. The maximum atomic E-state index is 13.4. The highest BCUT2D eigenvalue weighted by Crippen LogP contribution is 2.30. The molecule has 1 N–H and O–H groups in total. The number of anilines is 1. The first kappa shape index (κ1) is 27.2. The fourth-order valence-electron chi connectivity index (χ4n) is 4.25. The molecule has 0 atom stereocenters. The van der Waals surface area contributed by atoms with E-state index in [1.54, 1.807) is 4.57 Å². The van der Waals surface area contributed by atoms with Gasteiger partial charge in [0, 0.05) is 28.4 Å². The number of nitrogens with one attached hydrogen (secondary N) is 1. The number of aromatic nitrogens is 2. The number of carbonyl (C=O) groups is 1. The van der Waals surface area contributed by atoms with Gasteiger partial charge in [0.25, 0.3) is 0 Å². The Morgan fingerprint density at radius 3 is 2.63 bits per heavy atom. The van der Waals surface area contributed by atoms with Gasteiger partial charge in [0.05, 0.1) is 17.8 Å². The van der Waals surface area contributed by atoms with Crippen molar-refractivity contribution in [3.05, 3.63) is 88.3 Å². The standard InChI is InChI=1S/C31H30BrN3O3/c1-4-17-38-26-14-15-28-27(19-26)30(24-12-10-23(11-13-24)21(2)3)34-31(37)35(28)20-22-7-5-8-25(18-22)33-29(36)9-6-16-32/h1,5,7-8,10-15,18-19,21H,6,9,16-17,20H2,2-3H3,(H,33,36). The molecule has 1 amide bonds. The Bertz CT molecular complexity index is 1540. The van der Waals surface area contributed by atoms with Gasteiger partial charge in [-0.1, -0.05) is 72.1 Å². The van der Waals surface area contributed by atoms with E-state index in [1.807, 2.05) is 54.6 Å². The van der Waals surface area contributed by atoms with Crippen LogP contribution in [0, 0.1) is 12.3 Å². The lowest BCUT2D eigenvalue weighted by Gasteiger charge is -2.15. The highest BCUT2D eigenvalue weighted by atomic mass is 79.9. The van der Waals surface area contributed by atoms with Gasteiger partial charge in [-0.05, 0) is 53.8 Å². The fraction of sp³-hybridized carbons (Fsp3) is 0.258. The van der Waals surface area contributed by atoms with Crippen LogP contribution < -0.4 is 15.7 Å². The van der Waals surface area contributed by atoms with Crippen molar-refractivity contribution in [2.24, 2.45) is 0 Å². The topological polar surface area (TPSA) is 73.2 Å². The molecule has 0 bridgehead atoms. The second-order valence-electron chi connectivity index (χ2n) is 9.32. The van der Waals surface area contributed by atoms with Crippen molar-refractivity contribution < 1.29 is 9.53 Å². The minimum atomic E-state index is -0.357. The molecule has 0 aliphatic carbocycles. The minimum absolute atomic E-state index is 0.0433. The van der Waals surface area contributed by atoms with Gasteiger partial charge in [0.2, 0.25) is 5.91 Å². The van der Waals surface area contributed by atoms with Crippen molar-refractivity contribution in [3.63, 3.8) is 0 Å². The molecule has 0 aliphatic heterocycles. The zero-order chi connectivity index (χ0) is 27.1. The summed E-state index contributed by atoms with van der Waals surface area (Å²) in [5.74, 6) is 3.45. The molecule has 1 heterocycles. The zero-order valence-corrected chi connectivity index (χ0v) is 23.1. The molecule has 4 aromatic rings. The largest absolute Gasteiger partial charge is 0.481 e. The number of hydrogen-bond acceptors (Lipinski definition) is 4. The Labute approximate surface area is 231 Å². The van der Waals surface area contributed by atoms with Crippen LogP contribution in [0.1, 0.15) is 43.7 Å². The number of benzene rings is 3. The molecule has 0 saturated heterocycles. The number of halogens is 1. The van der Waals surface area contributed by atoms with Gasteiger partial charge < -0.3 is 10.1 Å². The molecule has 3 aromatic carbocycles. The molecular weight excluding hydrogens is 542 g/mol. The van der Waals surface area contributed by atoms with Crippen LogP contribution in [0.5, 0.6) is 5.75 Å². The van der Waals surface area contributed by atoms with Crippen LogP contribution in [-0.2, 0) is 11.3 Å². The molecule has 7 heteroatoms. The van der Waals surface area contributed by atoms with E-state index >= 15 is 0 Å². The molecule has 0 saturated carbocycles. The third-order valence-electron chi connectivity index (χ3n) is 6.21. The molecule has 6 nitrogen and oxygen atoms in total. The van der Waals surface area contributed by atoms with Crippen LogP contribution >= 0.6 is 15.9 Å². The lowest BCUT2D eigenvalue weighted by molar-refractivity contribution is -0.116. The van der Waals surface area contributed by atoms with Crippen LogP contribution in [0.25, 0.3) is 22.2 Å². The number of hydrogen-bond donors (Lipinski definition) is 1. The highest BCUT2D eigenvalue weighted by molar-refractivity contribution is 9.09. The number of fused-ring (bicyclic) bond motifs is 1. The van der Waals surface area contributed by atoms with Crippen molar-refractivity contribution in [1.29, 1.82) is 0 Å². The van der Waals surface area contributed by atoms with Crippen molar-refractivity contribution in [2.45, 2.75) is 39.2 Å². The summed E-state index contributed by atoms with van der Waals surface area (Å²) >= 11 is 3.35. The Morgan fingerprint density at radius 1 is 1.13 bits per heavy atom. The third kappa shape index (κ3) is 6.51. The predicted molar refractivity (Wildman–Crippen MR) is 157 cm³/mol. The van der Waals surface area contributed by atoms with Crippen LogP contribution in [-0.4, -0.2) is 27.4 Å². The zero-order valence-electron chi connectivity index (χ0n) is 21.5. The van der Waals surface area contributed by atoms with E-state index in [4.69, 9.17) is 11.2 Å². The number of carbonyl (C=O) groups excluding carboxylic acids is 1. The summed E-state index contributed by atoms with van der Waals surface area (Å²) in [6, 6.07) is 21.2. The maximum Gasteiger partial charge on any atom is 0.348 e. The van der Waals surface area contributed by atoms with Crippen molar-refractivity contribution in [1.82, 2.24) is 9.55 Å². The molecule has 4 rings (SSSR count). The summed E-state index contributed by atoms with van der Waals surface area (Å²) in [5.41, 5.74) is 4.59. The van der Waals surface area contributed by atoms with Crippen molar-refractivity contribution in [3.8, 4) is 29.4 Å². The molecule has 38 heavy (non-hydrogen) atoms. The summed E-state index contributed by atoms with van der Waals surface area (Å²) in [6.07, 6.45) is 6.58. The van der Waals surface area contributed by atoms with Gasteiger partial charge in [0.15, 0.2) is 0 Å². The maximum absolute atomic E-state index is 13.4. The minimum Gasteiger partial charge on any atom is -0.481 e. The van der Waals surface area contributed by atoms with Gasteiger partial charge in [-0.2, -0.15) is 4.98 Å². The average molecular weight is 573 g/mol. The summed E-state index contributed by atoms with van der Waals surface area (Å²) < 4.78 is 7.32. The van der Waals surface area contributed by atoms with Crippen molar-refractivity contribution >= 4 is 38.4 Å².